The normalized spacial score (nSPS) is 16.5. The number of amides is 1. The third-order valence-electron chi connectivity index (χ3n) is 5.97. The molecule has 3 rings (SSSR count). The maximum absolute atomic E-state index is 12.7. The van der Waals surface area contributed by atoms with Crippen molar-refractivity contribution in [3.63, 3.8) is 0 Å². The highest BCUT2D eigenvalue weighted by molar-refractivity contribution is 5.81. The Balaban J connectivity index is 1.67. The molecule has 0 spiro atoms. The summed E-state index contributed by atoms with van der Waals surface area (Å²) in [5.74, 6) is 2.07. The Morgan fingerprint density at radius 1 is 1.16 bits per heavy atom. The molecule has 0 aliphatic carbocycles. The Bertz CT molecular complexity index is 856. The standard InChI is InChI=1S/C25H35N3O3/c1-25(2,3)24(29)27-23(21-8-6-7-13-26-21)18-11-14-28(15-12-18)17-19-9-10-20(30-4)16-22(19)31-5/h6-10,13,16,18,23H,11-12,14-15,17H2,1-5H3,(H,27,29)/t23-/m1/s1. The molecule has 2 aromatic rings. The first-order valence-electron chi connectivity index (χ1n) is 11.0. The van der Waals surface area contributed by atoms with Crippen LogP contribution < -0.4 is 14.8 Å². The van der Waals surface area contributed by atoms with E-state index in [1.165, 1.54) is 0 Å². The van der Waals surface area contributed by atoms with Crippen LogP contribution in [0, 0.1) is 11.3 Å². The van der Waals surface area contributed by atoms with E-state index in [9.17, 15) is 4.79 Å². The van der Waals surface area contributed by atoms with Gasteiger partial charge in [-0.1, -0.05) is 32.9 Å². The zero-order chi connectivity index (χ0) is 22.4. The van der Waals surface area contributed by atoms with Crippen LogP contribution in [0.25, 0.3) is 0 Å². The highest BCUT2D eigenvalue weighted by atomic mass is 16.5. The Morgan fingerprint density at radius 3 is 2.48 bits per heavy atom. The Morgan fingerprint density at radius 2 is 1.90 bits per heavy atom. The molecule has 2 heterocycles. The van der Waals surface area contributed by atoms with Gasteiger partial charge in [-0.15, -0.1) is 0 Å². The molecule has 0 unspecified atom stereocenters. The maximum atomic E-state index is 12.7. The molecule has 6 nitrogen and oxygen atoms in total. The molecule has 1 atom stereocenters. The molecule has 1 amide bonds. The molecule has 168 valence electrons. The van der Waals surface area contributed by atoms with E-state index in [0.717, 1.165) is 55.2 Å². The third kappa shape index (κ3) is 5.97. The van der Waals surface area contributed by atoms with E-state index in [2.05, 4.69) is 21.3 Å². The van der Waals surface area contributed by atoms with E-state index in [0.29, 0.717) is 5.92 Å². The van der Waals surface area contributed by atoms with Crippen molar-refractivity contribution >= 4 is 5.91 Å². The number of rotatable bonds is 7. The highest BCUT2D eigenvalue weighted by Gasteiger charge is 2.32. The van der Waals surface area contributed by atoms with Crippen LogP contribution in [0.4, 0.5) is 0 Å². The predicted molar refractivity (Wildman–Crippen MR) is 122 cm³/mol. The molecule has 1 aromatic carbocycles. The van der Waals surface area contributed by atoms with E-state index < -0.39 is 5.41 Å². The Hall–Kier alpha value is -2.60. The molecular formula is C25H35N3O3. The second kappa shape index (κ2) is 10.1. The minimum atomic E-state index is -0.432. The number of nitrogens with zero attached hydrogens (tertiary/aromatic N) is 2. The fraction of sp³-hybridized carbons (Fsp3) is 0.520. The van der Waals surface area contributed by atoms with Crippen molar-refractivity contribution in [2.45, 2.75) is 46.2 Å². The fourth-order valence-corrected chi connectivity index (χ4v) is 4.02. The van der Waals surface area contributed by atoms with Crippen LogP contribution in [0.5, 0.6) is 11.5 Å². The van der Waals surface area contributed by atoms with Gasteiger partial charge in [0.25, 0.3) is 0 Å². The summed E-state index contributed by atoms with van der Waals surface area (Å²) in [6, 6.07) is 11.8. The van der Waals surface area contributed by atoms with Crippen LogP contribution in [0.1, 0.15) is 50.9 Å². The van der Waals surface area contributed by atoms with E-state index in [-0.39, 0.29) is 11.9 Å². The summed E-state index contributed by atoms with van der Waals surface area (Å²) < 4.78 is 10.9. The SMILES string of the molecule is COc1ccc(CN2CCC([C@@H](NC(=O)C(C)(C)C)c3ccccn3)CC2)c(OC)c1. The topological polar surface area (TPSA) is 63.7 Å². The minimum Gasteiger partial charge on any atom is -0.497 e. The van der Waals surface area contributed by atoms with Gasteiger partial charge in [-0.05, 0) is 50.0 Å². The molecule has 0 saturated carbocycles. The zero-order valence-corrected chi connectivity index (χ0v) is 19.4. The van der Waals surface area contributed by atoms with Crippen LogP contribution in [-0.2, 0) is 11.3 Å². The molecule has 1 N–H and O–H groups in total. The quantitative estimate of drug-likeness (QED) is 0.720. The first kappa shape index (κ1) is 23.1. The summed E-state index contributed by atoms with van der Waals surface area (Å²) in [5.41, 5.74) is 1.66. The maximum Gasteiger partial charge on any atom is 0.225 e. The van der Waals surface area contributed by atoms with Gasteiger partial charge in [0, 0.05) is 29.8 Å². The minimum absolute atomic E-state index is 0.0635. The summed E-state index contributed by atoms with van der Waals surface area (Å²) >= 11 is 0. The van der Waals surface area contributed by atoms with E-state index in [1.807, 2.05) is 51.1 Å². The van der Waals surface area contributed by atoms with Crippen molar-refractivity contribution in [2.24, 2.45) is 11.3 Å². The average Bonchev–Trinajstić information content (AvgIpc) is 2.78. The number of pyridine rings is 1. The van der Waals surface area contributed by atoms with Gasteiger partial charge >= 0.3 is 0 Å². The molecule has 1 aliphatic rings. The van der Waals surface area contributed by atoms with Gasteiger partial charge < -0.3 is 14.8 Å². The summed E-state index contributed by atoms with van der Waals surface area (Å²) in [6.45, 7) is 8.61. The molecule has 1 fully saturated rings. The smallest absolute Gasteiger partial charge is 0.225 e. The lowest BCUT2D eigenvalue weighted by molar-refractivity contribution is -0.129. The van der Waals surface area contributed by atoms with Gasteiger partial charge in [-0.2, -0.15) is 0 Å². The second-order valence-corrected chi connectivity index (χ2v) is 9.25. The van der Waals surface area contributed by atoms with Crippen molar-refractivity contribution in [3.8, 4) is 11.5 Å². The van der Waals surface area contributed by atoms with E-state index in [1.54, 1.807) is 20.4 Å². The number of nitrogens with one attached hydrogen (secondary N) is 1. The Labute approximate surface area is 186 Å². The van der Waals surface area contributed by atoms with Gasteiger partial charge in [0.2, 0.25) is 5.91 Å². The lowest BCUT2D eigenvalue weighted by atomic mass is 9.85. The van der Waals surface area contributed by atoms with Gasteiger partial charge in [0.15, 0.2) is 0 Å². The lowest BCUT2D eigenvalue weighted by Crippen LogP contribution is -2.44. The highest BCUT2D eigenvalue weighted by Crippen LogP contribution is 2.33. The number of ether oxygens (including phenoxy) is 2. The zero-order valence-electron chi connectivity index (χ0n) is 19.4. The molecule has 1 aromatic heterocycles. The molecular weight excluding hydrogens is 390 g/mol. The number of benzene rings is 1. The number of hydrogen-bond acceptors (Lipinski definition) is 5. The van der Waals surface area contributed by atoms with Crippen molar-refractivity contribution in [1.82, 2.24) is 15.2 Å². The van der Waals surface area contributed by atoms with E-state index >= 15 is 0 Å². The lowest BCUT2D eigenvalue weighted by Gasteiger charge is -2.37. The van der Waals surface area contributed by atoms with E-state index in [4.69, 9.17) is 9.47 Å². The Kier molecular flexibility index (Phi) is 7.55. The number of piperidine rings is 1. The predicted octanol–water partition coefficient (Wildman–Crippen LogP) is 4.21. The number of aromatic nitrogens is 1. The molecule has 1 saturated heterocycles. The van der Waals surface area contributed by atoms with Gasteiger partial charge in [0.1, 0.15) is 11.5 Å². The van der Waals surface area contributed by atoms with Crippen molar-refractivity contribution in [1.29, 1.82) is 0 Å². The van der Waals surface area contributed by atoms with Crippen LogP contribution in [0.2, 0.25) is 0 Å². The molecule has 0 radical (unpaired) electrons. The molecule has 1 aliphatic heterocycles. The summed E-state index contributed by atoms with van der Waals surface area (Å²) in [4.78, 5) is 19.8. The average molecular weight is 426 g/mol. The van der Waals surface area contributed by atoms with Gasteiger partial charge in [0.05, 0.1) is 26.0 Å². The molecule has 31 heavy (non-hydrogen) atoms. The van der Waals surface area contributed by atoms with Crippen LogP contribution >= 0.6 is 0 Å². The number of methoxy groups -OCH3 is 2. The summed E-state index contributed by atoms with van der Waals surface area (Å²) in [6.07, 6.45) is 3.81. The number of carbonyl (C=O) groups is 1. The summed E-state index contributed by atoms with van der Waals surface area (Å²) in [5, 5.41) is 3.28. The number of likely N-dealkylation sites (tertiary alicyclic amines) is 1. The third-order valence-corrected chi connectivity index (χ3v) is 5.97. The molecule has 6 heteroatoms. The largest absolute Gasteiger partial charge is 0.497 e. The van der Waals surface area contributed by atoms with Crippen molar-refractivity contribution < 1.29 is 14.3 Å². The van der Waals surface area contributed by atoms with Crippen molar-refractivity contribution in [3.05, 3.63) is 53.9 Å². The van der Waals surface area contributed by atoms with Crippen LogP contribution in [0.3, 0.4) is 0 Å². The number of hydrogen-bond donors (Lipinski definition) is 1. The first-order chi connectivity index (χ1) is 14.8. The monoisotopic (exact) mass is 425 g/mol. The summed E-state index contributed by atoms with van der Waals surface area (Å²) in [7, 11) is 3.36. The first-order valence-corrected chi connectivity index (χ1v) is 11.0. The van der Waals surface area contributed by atoms with Crippen LogP contribution in [0.15, 0.2) is 42.6 Å². The number of carbonyl (C=O) groups excluding carboxylic acids is 1. The molecule has 0 bridgehead atoms. The van der Waals surface area contributed by atoms with Gasteiger partial charge in [-0.3, -0.25) is 14.7 Å². The fourth-order valence-electron chi connectivity index (χ4n) is 4.02. The van der Waals surface area contributed by atoms with Crippen molar-refractivity contribution in [2.75, 3.05) is 27.3 Å². The van der Waals surface area contributed by atoms with Crippen LogP contribution in [-0.4, -0.2) is 43.1 Å². The second-order valence-electron chi connectivity index (χ2n) is 9.25. The van der Waals surface area contributed by atoms with Gasteiger partial charge in [-0.25, -0.2) is 0 Å².